The molecule has 1 fully saturated rings. The molecule has 1 aliphatic heterocycles. The Morgan fingerprint density at radius 3 is 2.60 bits per heavy atom. The zero-order chi connectivity index (χ0) is 21.7. The Balaban J connectivity index is 1.78. The fourth-order valence-corrected chi connectivity index (χ4v) is 4.69. The molecule has 0 spiro atoms. The Kier molecular flexibility index (Phi) is 7.19. The molecule has 0 bridgehead atoms. The van der Waals surface area contributed by atoms with E-state index < -0.39 is 22.0 Å². The molecule has 30 heavy (non-hydrogen) atoms. The Bertz CT molecular complexity index is 1010. The Labute approximate surface area is 180 Å². The van der Waals surface area contributed by atoms with Gasteiger partial charge in [0.15, 0.2) is 6.10 Å². The molecule has 2 aromatic carbocycles. The number of morpholine rings is 1. The number of rotatable bonds is 7. The van der Waals surface area contributed by atoms with Crippen LogP contribution in [0.25, 0.3) is 0 Å². The van der Waals surface area contributed by atoms with Gasteiger partial charge in [0.25, 0.3) is 5.91 Å². The van der Waals surface area contributed by atoms with Crippen molar-refractivity contribution in [1.82, 2.24) is 4.31 Å². The van der Waals surface area contributed by atoms with E-state index >= 15 is 0 Å². The lowest BCUT2D eigenvalue weighted by molar-refractivity contribution is -0.122. The minimum absolute atomic E-state index is 0.0203. The second kappa shape index (κ2) is 9.65. The summed E-state index contributed by atoms with van der Waals surface area (Å²) in [4.78, 5) is 12.5. The molecule has 8 nitrogen and oxygen atoms in total. The van der Waals surface area contributed by atoms with Crippen LogP contribution in [-0.2, 0) is 19.6 Å². The number of halogens is 1. The molecule has 162 valence electrons. The third-order valence-electron chi connectivity index (χ3n) is 4.50. The standard InChI is InChI=1S/C20H23ClN2O6S/c1-14(29-17-5-3-4-15(21)12-17)20(24)22-16-6-7-18(27-2)19(13-16)30(25,26)23-8-10-28-11-9-23/h3-7,12-14H,8-11H2,1-2H3,(H,22,24)/t14-/m1/s1. The van der Waals surface area contributed by atoms with E-state index in [9.17, 15) is 13.2 Å². The van der Waals surface area contributed by atoms with Gasteiger partial charge in [0, 0.05) is 23.8 Å². The van der Waals surface area contributed by atoms with Gasteiger partial charge in [-0.1, -0.05) is 17.7 Å². The average Bonchev–Trinajstić information content (AvgIpc) is 2.74. The first-order valence-electron chi connectivity index (χ1n) is 9.30. The van der Waals surface area contributed by atoms with E-state index in [0.717, 1.165) is 0 Å². The number of anilines is 1. The predicted octanol–water partition coefficient (Wildman–Crippen LogP) is 2.78. The SMILES string of the molecule is COc1ccc(NC(=O)[C@@H](C)Oc2cccc(Cl)c2)cc1S(=O)(=O)N1CCOCC1. The van der Waals surface area contributed by atoms with Crippen molar-refractivity contribution >= 4 is 33.2 Å². The number of hydrogen-bond donors (Lipinski definition) is 1. The third-order valence-corrected chi connectivity index (χ3v) is 6.65. The van der Waals surface area contributed by atoms with Gasteiger partial charge in [-0.05, 0) is 43.3 Å². The number of nitrogens with zero attached hydrogens (tertiary/aromatic N) is 1. The molecule has 0 saturated carbocycles. The number of benzene rings is 2. The van der Waals surface area contributed by atoms with Crippen molar-refractivity contribution in [1.29, 1.82) is 0 Å². The van der Waals surface area contributed by atoms with Crippen LogP contribution in [0.3, 0.4) is 0 Å². The minimum atomic E-state index is -3.81. The molecule has 3 rings (SSSR count). The first kappa shape index (κ1) is 22.4. The highest BCUT2D eigenvalue weighted by atomic mass is 35.5. The van der Waals surface area contributed by atoms with E-state index in [1.807, 2.05) is 0 Å². The average molecular weight is 455 g/mol. The second-order valence-corrected chi connectivity index (χ2v) is 8.93. The highest BCUT2D eigenvalue weighted by molar-refractivity contribution is 7.89. The molecular weight excluding hydrogens is 432 g/mol. The topological polar surface area (TPSA) is 94.2 Å². The summed E-state index contributed by atoms with van der Waals surface area (Å²) >= 11 is 5.93. The molecule has 2 aromatic rings. The highest BCUT2D eigenvalue weighted by Gasteiger charge is 2.30. The number of ether oxygens (including phenoxy) is 3. The fourth-order valence-electron chi connectivity index (χ4n) is 2.92. The second-order valence-electron chi connectivity index (χ2n) is 6.59. The number of nitrogens with one attached hydrogen (secondary N) is 1. The van der Waals surface area contributed by atoms with Crippen LogP contribution in [0.2, 0.25) is 5.02 Å². The van der Waals surface area contributed by atoms with Gasteiger partial charge in [-0.3, -0.25) is 4.79 Å². The van der Waals surface area contributed by atoms with Crippen molar-refractivity contribution in [3.05, 3.63) is 47.5 Å². The quantitative estimate of drug-likeness (QED) is 0.691. The van der Waals surface area contributed by atoms with Crippen LogP contribution in [0.4, 0.5) is 5.69 Å². The summed E-state index contributed by atoms with van der Waals surface area (Å²) in [6.07, 6.45) is -0.829. The maximum absolute atomic E-state index is 13.1. The zero-order valence-electron chi connectivity index (χ0n) is 16.6. The number of amides is 1. The number of carbonyl (C=O) groups excluding carboxylic acids is 1. The number of methoxy groups -OCH3 is 1. The molecule has 1 amide bonds. The minimum Gasteiger partial charge on any atom is -0.495 e. The summed E-state index contributed by atoms with van der Waals surface area (Å²) in [7, 11) is -2.41. The third kappa shape index (κ3) is 5.23. The lowest BCUT2D eigenvalue weighted by Gasteiger charge is -2.27. The summed E-state index contributed by atoms with van der Waals surface area (Å²) in [5, 5.41) is 3.18. The summed E-state index contributed by atoms with van der Waals surface area (Å²) in [5.41, 5.74) is 0.314. The van der Waals surface area contributed by atoms with Gasteiger partial charge in [-0.15, -0.1) is 0 Å². The lowest BCUT2D eigenvalue weighted by Crippen LogP contribution is -2.40. The van der Waals surface area contributed by atoms with Crippen molar-refractivity contribution in [2.75, 3.05) is 38.7 Å². The first-order chi connectivity index (χ1) is 14.3. The molecular formula is C20H23ClN2O6S. The van der Waals surface area contributed by atoms with Gasteiger partial charge >= 0.3 is 0 Å². The Morgan fingerprint density at radius 1 is 1.20 bits per heavy atom. The molecule has 1 atom stereocenters. The van der Waals surface area contributed by atoms with E-state index in [1.54, 1.807) is 37.3 Å². The van der Waals surface area contributed by atoms with Crippen molar-refractivity contribution in [2.24, 2.45) is 0 Å². The van der Waals surface area contributed by atoms with Crippen LogP contribution in [0, 0.1) is 0 Å². The molecule has 0 aliphatic carbocycles. The first-order valence-corrected chi connectivity index (χ1v) is 11.1. The fraction of sp³-hybridized carbons (Fsp3) is 0.350. The molecule has 1 heterocycles. The van der Waals surface area contributed by atoms with Gasteiger partial charge in [-0.2, -0.15) is 4.31 Å². The maximum Gasteiger partial charge on any atom is 0.265 e. The van der Waals surface area contributed by atoms with Crippen LogP contribution in [0.5, 0.6) is 11.5 Å². The van der Waals surface area contributed by atoms with Gasteiger partial charge in [-0.25, -0.2) is 8.42 Å². The molecule has 0 radical (unpaired) electrons. The summed E-state index contributed by atoms with van der Waals surface area (Å²) in [5.74, 6) is 0.216. The molecule has 1 aliphatic rings. The number of hydrogen-bond acceptors (Lipinski definition) is 6. The van der Waals surface area contributed by atoms with E-state index in [-0.39, 0.29) is 23.7 Å². The number of carbonyl (C=O) groups is 1. The van der Waals surface area contributed by atoms with Crippen LogP contribution in [-0.4, -0.2) is 58.1 Å². The van der Waals surface area contributed by atoms with E-state index in [4.69, 9.17) is 25.8 Å². The lowest BCUT2D eigenvalue weighted by atomic mass is 10.2. The van der Waals surface area contributed by atoms with Crippen LogP contribution >= 0.6 is 11.6 Å². The van der Waals surface area contributed by atoms with Crippen LogP contribution < -0.4 is 14.8 Å². The van der Waals surface area contributed by atoms with Crippen molar-refractivity contribution in [3.8, 4) is 11.5 Å². The zero-order valence-corrected chi connectivity index (χ0v) is 18.2. The van der Waals surface area contributed by atoms with Crippen LogP contribution in [0.1, 0.15) is 6.92 Å². The monoisotopic (exact) mass is 454 g/mol. The molecule has 1 N–H and O–H groups in total. The van der Waals surface area contributed by atoms with E-state index in [0.29, 0.717) is 29.7 Å². The van der Waals surface area contributed by atoms with Gasteiger partial charge < -0.3 is 19.5 Å². The largest absolute Gasteiger partial charge is 0.495 e. The van der Waals surface area contributed by atoms with Gasteiger partial charge in [0.05, 0.1) is 20.3 Å². The summed E-state index contributed by atoms with van der Waals surface area (Å²) in [6.45, 7) is 2.76. The van der Waals surface area contributed by atoms with Gasteiger partial charge in [0.2, 0.25) is 10.0 Å². The normalized spacial score (nSPS) is 16.0. The predicted molar refractivity (Wildman–Crippen MR) is 113 cm³/mol. The van der Waals surface area contributed by atoms with E-state index in [1.165, 1.54) is 23.5 Å². The molecule has 0 aromatic heterocycles. The van der Waals surface area contributed by atoms with Crippen molar-refractivity contribution < 1.29 is 27.4 Å². The molecule has 0 unspecified atom stereocenters. The molecule has 1 saturated heterocycles. The Hall–Kier alpha value is -2.33. The van der Waals surface area contributed by atoms with Gasteiger partial charge in [0.1, 0.15) is 16.4 Å². The number of sulfonamides is 1. The van der Waals surface area contributed by atoms with E-state index in [2.05, 4.69) is 5.32 Å². The van der Waals surface area contributed by atoms with Crippen molar-refractivity contribution in [2.45, 2.75) is 17.9 Å². The smallest absolute Gasteiger partial charge is 0.265 e. The maximum atomic E-state index is 13.1. The van der Waals surface area contributed by atoms with Crippen molar-refractivity contribution in [3.63, 3.8) is 0 Å². The summed E-state index contributed by atoms with van der Waals surface area (Å²) < 4.78 is 43.5. The van der Waals surface area contributed by atoms with Crippen LogP contribution in [0.15, 0.2) is 47.4 Å². The highest BCUT2D eigenvalue weighted by Crippen LogP contribution is 2.30. The Morgan fingerprint density at radius 2 is 1.93 bits per heavy atom. The summed E-state index contributed by atoms with van der Waals surface area (Å²) in [6, 6.07) is 11.2. The molecule has 10 heteroatoms.